The molecular weight excluding hydrogens is 226 g/mol. The summed E-state index contributed by atoms with van der Waals surface area (Å²) in [5.41, 5.74) is 5.00. The van der Waals surface area contributed by atoms with Crippen LogP contribution in [0.3, 0.4) is 0 Å². The Morgan fingerprint density at radius 1 is 0.944 bits per heavy atom. The second kappa shape index (κ2) is 12.5. The fourth-order valence-electron chi connectivity index (χ4n) is 1.86. The highest BCUT2D eigenvalue weighted by atomic mass is 16.5. The van der Waals surface area contributed by atoms with Gasteiger partial charge in [-0.2, -0.15) is 0 Å². The van der Waals surface area contributed by atoms with E-state index in [0.29, 0.717) is 6.61 Å². The molecule has 106 valence electrons. The van der Waals surface area contributed by atoms with Gasteiger partial charge in [0, 0.05) is 0 Å². The van der Waals surface area contributed by atoms with Gasteiger partial charge >= 0.3 is 0 Å². The molecule has 0 spiro atoms. The first-order valence-corrected chi connectivity index (χ1v) is 7.30. The first-order chi connectivity index (χ1) is 8.68. The van der Waals surface area contributed by atoms with E-state index in [1.165, 1.54) is 51.4 Å². The van der Waals surface area contributed by atoms with Crippen LogP contribution in [0.15, 0.2) is 12.3 Å². The van der Waals surface area contributed by atoms with Gasteiger partial charge in [0.25, 0.3) is 5.91 Å². The van der Waals surface area contributed by atoms with Gasteiger partial charge in [0.15, 0.2) is 5.76 Å². The number of primary amides is 1. The SMILES string of the molecule is C=C(OCCCCCCCCCCCC)C(N)=O. The molecule has 0 radical (unpaired) electrons. The average Bonchev–Trinajstić information content (AvgIpc) is 2.35. The summed E-state index contributed by atoms with van der Waals surface area (Å²) in [5, 5.41) is 0. The summed E-state index contributed by atoms with van der Waals surface area (Å²) in [7, 11) is 0. The molecule has 0 aliphatic carbocycles. The molecule has 0 saturated heterocycles. The molecule has 0 atom stereocenters. The Labute approximate surface area is 112 Å². The lowest BCUT2D eigenvalue weighted by Crippen LogP contribution is -2.15. The third-order valence-electron chi connectivity index (χ3n) is 3.05. The minimum Gasteiger partial charge on any atom is -0.488 e. The second-order valence-corrected chi connectivity index (χ2v) is 4.82. The number of hydrogen-bond donors (Lipinski definition) is 1. The number of carbonyl (C=O) groups is 1. The minimum absolute atomic E-state index is 0.0749. The molecule has 0 aromatic heterocycles. The Morgan fingerprint density at radius 2 is 1.39 bits per heavy atom. The highest BCUT2D eigenvalue weighted by Crippen LogP contribution is 2.10. The summed E-state index contributed by atoms with van der Waals surface area (Å²) in [5.74, 6) is -0.493. The number of unbranched alkanes of at least 4 members (excludes halogenated alkanes) is 9. The molecular formula is C15H29NO2. The van der Waals surface area contributed by atoms with Crippen molar-refractivity contribution in [3.63, 3.8) is 0 Å². The van der Waals surface area contributed by atoms with Crippen molar-refractivity contribution >= 4 is 5.91 Å². The number of carbonyl (C=O) groups excluding carboxylic acids is 1. The molecule has 3 heteroatoms. The van der Waals surface area contributed by atoms with Crippen molar-refractivity contribution in [3.8, 4) is 0 Å². The van der Waals surface area contributed by atoms with E-state index in [2.05, 4.69) is 13.5 Å². The molecule has 1 amide bonds. The van der Waals surface area contributed by atoms with Crippen molar-refractivity contribution in [2.75, 3.05) is 6.61 Å². The Hall–Kier alpha value is -0.990. The summed E-state index contributed by atoms with van der Waals surface area (Å²) >= 11 is 0. The van der Waals surface area contributed by atoms with E-state index >= 15 is 0 Å². The Balaban J connectivity index is 3.07. The monoisotopic (exact) mass is 255 g/mol. The maximum absolute atomic E-state index is 10.6. The molecule has 2 N–H and O–H groups in total. The molecule has 0 fully saturated rings. The lowest BCUT2D eigenvalue weighted by atomic mass is 10.1. The standard InChI is InChI=1S/C15H29NO2/c1-3-4-5-6-7-8-9-10-11-12-13-18-14(2)15(16)17/h2-13H2,1H3,(H2,16,17). The Kier molecular flexibility index (Phi) is 11.8. The van der Waals surface area contributed by atoms with E-state index in [4.69, 9.17) is 10.5 Å². The number of nitrogens with two attached hydrogens (primary N) is 1. The van der Waals surface area contributed by atoms with Crippen molar-refractivity contribution in [2.24, 2.45) is 5.73 Å². The zero-order valence-electron chi connectivity index (χ0n) is 11.9. The lowest BCUT2D eigenvalue weighted by Gasteiger charge is -2.05. The van der Waals surface area contributed by atoms with Crippen molar-refractivity contribution in [1.82, 2.24) is 0 Å². The van der Waals surface area contributed by atoms with Crippen LogP contribution in [0.25, 0.3) is 0 Å². The quantitative estimate of drug-likeness (QED) is 0.308. The molecule has 0 heterocycles. The van der Waals surface area contributed by atoms with Crippen LogP contribution in [-0.2, 0) is 9.53 Å². The van der Waals surface area contributed by atoms with Gasteiger partial charge in [0.1, 0.15) is 0 Å². The van der Waals surface area contributed by atoms with Crippen LogP contribution in [0.5, 0.6) is 0 Å². The van der Waals surface area contributed by atoms with Gasteiger partial charge in [-0.05, 0) is 6.42 Å². The van der Waals surface area contributed by atoms with Gasteiger partial charge < -0.3 is 10.5 Å². The van der Waals surface area contributed by atoms with Gasteiger partial charge in [-0.3, -0.25) is 4.79 Å². The van der Waals surface area contributed by atoms with Crippen molar-refractivity contribution in [3.05, 3.63) is 12.3 Å². The van der Waals surface area contributed by atoms with Crippen molar-refractivity contribution in [1.29, 1.82) is 0 Å². The van der Waals surface area contributed by atoms with Crippen molar-refractivity contribution in [2.45, 2.75) is 71.1 Å². The number of ether oxygens (including phenoxy) is 1. The zero-order chi connectivity index (χ0) is 13.6. The van der Waals surface area contributed by atoms with Gasteiger partial charge in [0.05, 0.1) is 6.61 Å². The van der Waals surface area contributed by atoms with Gasteiger partial charge in [0.2, 0.25) is 0 Å². The summed E-state index contributed by atoms with van der Waals surface area (Å²) in [4.78, 5) is 10.6. The van der Waals surface area contributed by atoms with Crippen LogP contribution in [0.2, 0.25) is 0 Å². The van der Waals surface area contributed by atoms with E-state index in [1.54, 1.807) is 0 Å². The summed E-state index contributed by atoms with van der Waals surface area (Å²) in [6.07, 6.45) is 12.9. The first kappa shape index (κ1) is 17.0. The Bertz CT molecular complexity index is 227. The summed E-state index contributed by atoms with van der Waals surface area (Å²) in [6, 6.07) is 0. The van der Waals surface area contributed by atoms with Crippen LogP contribution in [0, 0.1) is 0 Å². The summed E-state index contributed by atoms with van der Waals surface area (Å²) in [6.45, 7) is 6.24. The third-order valence-corrected chi connectivity index (χ3v) is 3.05. The number of rotatable bonds is 13. The summed E-state index contributed by atoms with van der Waals surface area (Å²) < 4.78 is 5.11. The molecule has 0 aromatic rings. The second-order valence-electron chi connectivity index (χ2n) is 4.82. The van der Waals surface area contributed by atoms with Crippen LogP contribution in [0.4, 0.5) is 0 Å². The fraction of sp³-hybridized carbons (Fsp3) is 0.800. The number of amides is 1. The van der Waals surface area contributed by atoms with Gasteiger partial charge in [-0.25, -0.2) is 0 Å². The molecule has 3 nitrogen and oxygen atoms in total. The Morgan fingerprint density at radius 3 is 1.83 bits per heavy atom. The van der Waals surface area contributed by atoms with E-state index in [-0.39, 0.29) is 5.76 Å². The van der Waals surface area contributed by atoms with Crippen LogP contribution >= 0.6 is 0 Å². The molecule has 0 aliphatic heterocycles. The molecule has 18 heavy (non-hydrogen) atoms. The van der Waals surface area contributed by atoms with E-state index in [0.717, 1.165) is 12.8 Å². The molecule has 0 bridgehead atoms. The predicted molar refractivity (Wildman–Crippen MR) is 76.1 cm³/mol. The predicted octanol–water partition coefficient (Wildman–Crippen LogP) is 3.92. The highest BCUT2D eigenvalue weighted by molar-refractivity contribution is 5.89. The topological polar surface area (TPSA) is 52.3 Å². The van der Waals surface area contributed by atoms with Crippen LogP contribution in [0.1, 0.15) is 71.1 Å². The maximum atomic E-state index is 10.6. The molecule has 0 rings (SSSR count). The minimum atomic E-state index is -0.568. The molecule has 0 unspecified atom stereocenters. The lowest BCUT2D eigenvalue weighted by molar-refractivity contribution is -0.117. The van der Waals surface area contributed by atoms with E-state index < -0.39 is 5.91 Å². The third kappa shape index (κ3) is 11.5. The normalized spacial score (nSPS) is 10.3. The molecule has 0 saturated carbocycles. The molecule has 0 aromatic carbocycles. The smallest absolute Gasteiger partial charge is 0.283 e. The number of hydrogen-bond acceptors (Lipinski definition) is 2. The fourth-order valence-corrected chi connectivity index (χ4v) is 1.86. The van der Waals surface area contributed by atoms with Crippen LogP contribution < -0.4 is 5.73 Å². The van der Waals surface area contributed by atoms with Crippen LogP contribution in [-0.4, -0.2) is 12.5 Å². The van der Waals surface area contributed by atoms with Gasteiger partial charge in [-0.15, -0.1) is 0 Å². The zero-order valence-corrected chi connectivity index (χ0v) is 11.9. The average molecular weight is 255 g/mol. The largest absolute Gasteiger partial charge is 0.488 e. The van der Waals surface area contributed by atoms with E-state index in [9.17, 15) is 4.79 Å². The first-order valence-electron chi connectivity index (χ1n) is 7.30. The van der Waals surface area contributed by atoms with Crippen molar-refractivity contribution < 1.29 is 9.53 Å². The van der Waals surface area contributed by atoms with E-state index in [1.807, 2.05) is 0 Å². The van der Waals surface area contributed by atoms with Gasteiger partial charge in [-0.1, -0.05) is 71.3 Å². The maximum Gasteiger partial charge on any atom is 0.283 e. The molecule has 0 aliphatic rings. The highest BCUT2D eigenvalue weighted by Gasteiger charge is 2.00.